The topological polar surface area (TPSA) is 41.5 Å². The number of rotatable bonds is 3. The van der Waals surface area contributed by atoms with Gasteiger partial charge in [0.15, 0.2) is 0 Å². The van der Waals surface area contributed by atoms with Crippen molar-refractivity contribution < 1.29 is 4.79 Å². The first kappa shape index (κ1) is 15.4. The van der Waals surface area contributed by atoms with Gasteiger partial charge in [0.1, 0.15) is 0 Å². The smallest absolute Gasteiger partial charge is 0.244 e. The van der Waals surface area contributed by atoms with Crippen LogP contribution in [0.3, 0.4) is 0 Å². The molecule has 3 heteroatoms. The Morgan fingerprint density at radius 3 is 2.75 bits per heavy atom. The fraction of sp³-hybridized carbons (Fsp3) is 0.429. The normalized spacial score (nSPS) is 29.2. The SMILES string of the molecule is C/C(=N\NC(=O)C1C2CCCCC21C)c1cccc2ccccc12. The molecule has 1 N–H and O–H groups in total. The summed E-state index contributed by atoms with van der Waals surface area (Å²) in [6, 6.07) is 14.5. The molecule has 3 atom stereocenters. The molecule has 0 heterocycles. The number of carbonyl (C=O) groups is 1. The van der Waals surface area contributed by atoms with E-state index >= 15 is 0 Å². The largest absolute Gasteiger partial charge is 0.273 e. The Balaban J connectivity index is 1.52. The van der Waals surface area contributed by atoms with Gasteiger partial charge in [0.2, 0.25) is 5.91 Å². The second-order valence-electron chi connectivity index (χ2n) is 7.54. The maximum absolute atomic E-state index is 12.6. The lowest BCUT2D eigenvalue weighted by Crippen LogP contribution is -2.23. The lowest BCUT2D eigenvalue weighted by molar-refractivity contribution is -0.123. The number of hydrogen-bond acceptors (Lipinski definition) is 2. The molecule has 0 bridgehead atoms. The molecule has 0 spiro atoms. The fourth-order valence-corrected chi connectivity index (χ4v) is 4.66. The molecule has 124 valence electrons. The molecule has 2 aliphatic rings. The van der Waals surface area contributed by atoms with Crippen LogP contribution >= 0.6 is 0 Å². The molecule has 0 aromatic heterocycles. The van der Waals surface area contributed by atoms with Crippen LogP contribution in [0.1, 0.15) is 45.1 Å². The minimum Gasteiger partial charge on any atom is -0.273 e. The molecule has 2 saturated carbocycles. The lowest BCUT2D eigenvalue weighted by Gasteiger charge is -2.15. The molecule has 2 aromatic carbocycles. The van der Waals surface area contributed by atoms with Crippen molar-refractivity contribution >= 4 is 22.4 Å². The van der Waals surface area contributed by atoms with Gasteiger partial charge in [-0.05, 0) is 41.9 Å². The van der Waals surface area contributed by atoms with E-state index in [1.165, 1.54) is 36.5 Å². The van der Waals surface area contributed by atoms with Gasteiger partial charge in [-0.2, -0.15) is 5.10 Å². The van der Waals surface area contributed by atoms with Crippen molar-refractivity contribution in [2.45, 2.75) is 39.5 Å². The van der Waals surface area contributed by atoms with Gasteiger partial charge in [-0.25, -0.2) is 5.43 Å². The van der Waals surface area contributed by atoms with Crippen LogP contribution in [0.15, 0.2) is 47.6 Å². The molecule has 2 fully saturated rings. The van der Waals surface area contributed by atoms with Crippen molar-refractivity contribution in [1.29, 1.82) is 0 Å². The van der Waals surface area contributed by atoms with Crippen molar-refractivity contribution in [3.63, 3.8) is 0 Å². The van der Waals surface area contributed by atoms with Crippen molar-refractivity contribution in [2.75, 3.05) is 0 Å². The van der Waals surface area contributed by atoms with E-state index in [1.807, 2.05) is 25.1 Å². The van der Waals surface area contributed by atoms with Gasteiger partial charge in [0.25, 0.3) is 0 Å². The maximum atomic E-state index is 12.6. The number of benzene rings is 2. The third kappa shape index (κ3) is 2.43. The number of fused-ring (bicyclic) bond motifs is 2. The molecule has 24 heavy (non-hydrogen) atoms. The summed E-state index contributed by atoms with van der Waals surface area (Å²) < 4.78 is 0. The Labute approximate surface area is 143 Å². The summed E-state index contributed by atoms with van der Waals surface area (Å²) in [7, 11) is 0. The highest BCUT2D eigenvalue weighted by Crippen LogP contribution is 2.66. The van der Waals surface area contributed by atoms with Crippen LogP contribution in [0.2, 0.25) is 0 Å². The van der Waals surface area contributed by atoms with E-state index in [2.05, 4.69) is 41.7 Å². The van der Waals surface area contributed by atoms with Crippen LogP contribution in [0, 0.1) is 17.3 Å². The van der Waals surface area contributed by atoms with Crippen molar-refractivity contribution in [1.82, 2.24) is 5.43 Å². The Bertz CT molecular complexity index is 820. The fourth-order valence-electron chi connectivity index (χ4n) is 4.66. The van der Waals surface area contributed by atoms with Crippen molar-refractivity contribution in [2.24, 2.45) is 22.4 Å². The number of carbonyl (C=O) groups excluding carboxylic acids is 1. The zero-order valence-corrected chi connectivity index (χ0v) is 14.4. The molecule has 3 unspecified atom stereocenters. The van der Waals surface area contributed by atoms with Crippen LogP contribution in [0.5, 0.6) is 0 Å². The first-order valence-corrected chi connectivity index (χ1v) is 8.93. The molecule has 0 saturated heterocycles. The standard InChI is InChI=1S/C21H24N2O/c1-14(16-11-7-9-15-8-3-4-10-17(15)16)22-23-20(24)19-18-12-5-6-13-21(18,19)2/h3-4,7-11,18-19H,5-6,12-13H2,1-2H3,(H,23,24)/b22-14+. The minimum atomic E-state index is 0.101. The van der Waals surface area contributed by atoms with Gasteiger partial charge in [0.05, 0.1) is 5.71 Å². The molecular weight excluding hydrogens is 296 g/mol. The Hall–Kier alpha value is -2.16. The van der Waals surface area contributed by atoms with Crippen molar-refractivity contribution in [3.8, 4) is 0 Å². The number of nitrogens with zero attached hydrogens (tertiary/aromatic N) is 1. The number of amides is 1. The van der Waals surface area contributed by atoms with Crippen LogP contribution in [-0.4, -0.2) is 11.6 Å². The zero-order valence-electron chi connectivity index (χ0n) is 14.4. The molecule has 0 radical (unpaired) electrons. The summed E-state index contributed by atoms with van der Waals surface area (Å²) in [6.07, 6.45) is 4.90. The van der Waals surface area contributed by atoms with Gasteiger partial charge in [-0.15, -0.1) is 0 Å². The molecule has 2 aliphatic carbocycles. The summed E-state index contributed by atoms with van der Waals surface area (Å²) in [5.41, 5.74) is 5.00. The second kappa shape index (κ2) is 5.73. The monoisotopic (exact) mass is 320 g/mol. The summed E-state index contributed by atoms with van der Waals surface area (Å²) in [5, 5.41) is 6.77. The predicted octanol–water partition coefficient (Wildman–Crippen LogP) is 4.51. The molecular formula is C21H24N2O. The van der Waals surface area contributed by atoms with E-state index in [9.17, 15) is 4.79 Å². The van der Waals surface area contributed by atoms with E-state index in [0.717, 1.165) is 11.3 Å². The number of hydrogen-bond donors (Lipinski definition) is 1. The first-order chi connectivity index (χ1) is 11.6. The predicted molar refractivity (Wildman–Crippen MR) is 97.9 cm³/mol. The lowest BCUT2D eigenvalue weighted by atomic mass is 9.90. The highest BCUT2D eigenvalue weighted by atomic mass is 16.2. The Morgan fingerprint density at radius 1 is 1.17 bits per heavy atom. The quantitative estimate of drug-likeness (QED) is 0.656. The van der Waals surface area contributed by atoms with E-state index in [1.54, 1.807) is 0 Å². The first-order valence-electron chi connectivity index (χ1n) is 8.93. The molecule has 4 rings (SSSR count). The second-order valence-corrected chi connectivity index (χ2v) is 7.54. The summed E-state index contributed by atoms with van der Waals surface area (Å²) in [4.78, 5) is 12.6. The average molecular weight is 320 g/mol. The molecule has 0 aliphatic heterocycles. The summed E-state index contributed by atoms with van der Waals surface area (Å²) in [5.74, 6) is 0.826. The highest BCUT2D eigenvalue weighted by molar-refractivity contribution is 6.10. The molecule has 3 nitrogen and oxygen atoms in total. The third-order valence-corrected chi connectivity index (χ3v) is 6.13. The van der Waals surface area contributed by atoms with E-state index in [-0.39, 0.29) is 17.2 Å². The number of nitrogens with one attached hydrogen (secondary N) is 1. The average Bonchev–Trinajstić information content (AvgIpc) is 3.24. The molecule has 1 amide bonds. The van der Waals surface area contributed by atoms with E-state index in [4.69, 9.17) is 0 Å². The van der Waals surface area contributed by atoms with E-state index < -0.39 is 0 Å². The Kier molecular flexibility index (Phi) is 3.67. The van der Waals surface area contributed by atoms with Gasteiger partial charge >= 0.3 is 0 Å². The summed E-state index contributed by atoms with van der Waals surface area (Å²) >= 11 is 0. The van der Waals surface area contributed by atoms with Crippen molar-refractivity contribution in [3.05, 3.63) is 48.0 Å². The van der Waals surface area contributed by atoms with E-state index in [0.29, 0.717) is 5.92 Å². The van der Waals surface area contributed by atoms with Crippen LogP contribution in [0.25, 0.3) is 10.8 Å². The van der Waals surface area contributed by atoms with Gasteiger partial charge in [0, 0.05) is 11.5 Å². The third-order valence-electron chi connectivity index (χ3n) is 6.13. The Morgan fingerprint density at radius 2 is 1.96 bits per heavy atom. The zero-order chi connectivity index (χ0) is 16.7. The highest BCUT2D eigenvalue weighted by Gasteiger charge is 2.64. The van der Waals surface area contributed by atoms with Crippen LogP contribution < -0.4 is 5.43 Å². The van der Waals surface area contributed by atoms with Crippen LogP contribution in [-0.2, 0) is 4.79 Å². The molecule has 2 aromatic rings. The minimum absolute atomic E-state index is 0.101. The van der Waals surface area contributed by atoms with Gasteiger partial charge < -0.3 is 0 Å². The number of hydrazone groups is 1. The van der Waals surface area contributed by atoms with Gasteiger partial charge in [-0.1, -0.05) is 62.2 Å². The maximum Gasteiger partial charge on any atom is 0.244 e. The summed E-state index contributed by atoms with van der Waals surface area (Å²) in [6.45, 7) is 4.23. The van der Waals surface area contributed by atoms with Crippen LogP contribution in [0.4, 0.5) is 0 Å². The van der Waals surface area contributed by atoms with Gasteiger partial charge in [-0.3, -0.25) is 4.79 Å².